The Balaban J connectivity index is 1.47. The molecule has 1 saturated heterocycles. The van der Waals surface area contributed by atoms with Crippen molar-refractivity contribution in [3.63, 3.8) is 0 Å². The molecule has 1 aliphatic heterocycles. The first-order chi connectivity index (χ1) is 14.7. The molecule has 0 unspecified atom stereocenters. The highest BCUT2D eigenvalue weighted by atomic mass is 19.1. The first kappa shape index (κ1) is 20.1. The van der Waals surface area contributed by atoms with Gasteiger partial charge in [0.1, 0.15) is 17.6 Å². The van der Waals surface area contributed by atoms with Gasteiger partial charge in [0.25, 0.3) is 5.91 Å². The van der Waals surface area contributed by atoms with Crippen LogP contribution in [0.3, 0.4) is 0 Å². The van der Waals surface area contributed by atoms with Gasteiger partial charge < -0.3 is 14.2 Å². The summed E-state index contributed by atoms with van der Waals surface area (Å²) in [5.74, 6) is 1.16. The van der Waals surface area contributed by atoms with Crippen LogP contribution in [0, 0.1) is 5.82 Å². The average Bonchev–Trinajstić information content (AvgIpc) is 3.44. The number of ether oxygens (including phenoxy) is 1. The van der Waals surface area contributed by atoms with Gasteiger partial charge in [0, 0.05) is 17.7 Å². The summed E-state index contributed by atoms with van der Waals surface area (Å²) >= 11 is 0. The number of unbranched alkanes of at least 4 members (excludes halogenated alkanes) is 1. The maximum Gasteiger partial charge on any atom is 0.254 e. The average molecular weight is 409 g/mol. The van der Waals surface area contributed by atoms with Gasteiger partial charge in [-0.1, -0.05) is 18.5 Å². The molecule has 2 heterocycles. The molecule has 2 aromatic carbocycles. The lowest BCUT2D eigenvalue weighted by Gasteiger charge is -2.22. The van der Waals surface area contributed by atoms with E-state index in [9.17, 15) is 9.18 Å². The van der Waals surface area contributed by atoms with Crippen molar-refractivity contribution >= 4 is 5.91 Å². The number of hydrogen-bond acceptors (Lipinski definition) is 5. The molecule has 4 rings (SSSR count). The minimum absolute atomic E-state index is 0.0702. The Labute approximate surface area is 174 Å². The molecular formula is C23H24FN3O3. The van der Waals surface area contributed by atoms with Gasteiger partial charge in [-0.05, 0) is 67.8 Å². The van der Waals surface area contributed by atoms with Crippen LogP contribution in [0.5, 0.6) is 5.75 Å². The van der Waals surface area contributed by atoms with Crippen LogP contribution >= 0.6 is 0 Å². The Morgan fingerprint density at radius 3 is 2.70 bits per heavy atom. The lowest BCUT2D eigenvalue weighted by molar-refractivity contribution is 0.0710. The minimum Gasteiger partial charge on any atom is -0.494 e. The predicted molar refractivity (Wildman–Crippen MR) is 110 cm³/mol. The summed E-state index contributed by atoms with van der Waals surface area (Å²) in [6, 6.07) is 12.9. The molecule has 1 amide bonds. The molecule has 0 radical (unpaired) electrons. The number of rotatable bonds is 7. The number of benzene rings is 2. The Morgan fingerprint density at radius 2 is 1.97 bits per heavy atom. The molecule has 0 N–H and O–H groups in total. The zero-order chi connectivity index (χ0) is 20.9. The zero-order valence-corrected chi connectivity index (χ0v) is 16.9. The number of hydrogen-bond donors (Lipinski definition) is 0. The minimum atomic E-state index is -0.322. The molecule has 3 aromatic rings. The summed E-state index contributed by atoms with van der Waals surface area (Å²) in [5, 5.41) is 4.01. The second kappa shape index (κ2) is 9.07. The van der Waals surface area contributed by atoms with E-state index >= 15 is 0 Å². The van der Waals surface area contributed by atoms with Crippen LogP contribution in [0.1, 0.15) is 54.9 Å². The molecule has 30 heavy (non-hydrogen) atoms. The van der Waals surface area contributed by atoms with Gasteiger partial charge >= 0.3 is 0 Å². The maximum atomic E-state index is 13.1. The molecule has 1 aromatic heterocycles. The second-order valence-corrected chi connectivity index (χ2v) is 7.35. The van der Waals surface area contributed by atoms with E-state index in [2.05, 4.69) is 17.1 Å². The topological polar surface area (TPSA) is 68.5 Å². The van der Waals surface area contributed by atoms with E-state index in [1.165, 1.54) is 12.1 Å². The molecule has 0 spiro atoms. The Hall–Kier alpha value is -3.22. The molecule has 0 aliphatic carbocycles. The highest BCUT2D eigenvalue weighted by molar-refractivity contribution is 5.94. The van der Waals surface area contributed by atoms with Gasteiger partial charge in [-0.25, -0.2) is 4.39 Å². The molecule has 0 saturated carbocycles. The van der Waals surface area contributed by atoms with Crippen molar-refractivity contribution < 1.29 is 18.4 Å². The number of nitrogens with zero attached hydrogens (tertiary/aromatic N) is 3. The molecular weight excluding hydrogens is 385 g/mol. The molecule has 6 nitrogen and oxygen atoms in total. The van der Waals surface area contributed by atoms with E-state index in [-0.39, 0.29) is 17.8 Å². The van der Waals surface area contributed by atoms with Crippen molar-refractivity contribution in [1.82, 2.24) is 15.0 Å². The Bertz CT molecular complexity index is 986. The molecule has 1 atom stereocenters. The van der Waals surface area contributed by atoms with Gasteiger partial charge in [0.2, 0.25) is 11.7 Å². The highest BCUT2D eigenvalue weighted by Crippen LogP contribution is 2.33. The molecule has 156 valence electrons. The standard InChI is InChI=1S/C23H24FN3O3/c1-2-3-15-29-19-12-8-17(9-13-19)23(28)27-14-4-5-20(27)22-25-21(26-30-22)16-6-10-18(24)11-7-16/h6-13,20H,2-5,14-15H2,1H3/t20-/m0/s1. The number of amides is 1. The van der Waals surface area contributed by atoms with Gasteiger partial charge in [-0.2, -0.15) is 4.98 Å². The third-order valence-electron chi connectivity index (χ3n) is 5.21. The molecule has 1 fully saturated rings. The fourth-order valence-corrected chi connectivity index (χ4v) is 3.55. The molecule has 7 heteroatoms. The van der Waals surface area contributed by atoms with Crippen LogP contribution in [0.4, 0.5) is 4.39 Å². The van der Waals surface area contributed by atoms with Crippen molar-refractivity contribution in [2.75, 3.05) is 13.2 Å². The maximum absolute atomic E-state index is 13.1. The third-order valence-corrected chi connectivity index (χ3v) is 5.21. The summed E-state index contributed by atoms with van der Waals surface area (Å²) in [5.41, 5.74) is 1.27. The van der Waals surface area contributed by atoms with E-state index in [1.54, 1.807) is 29.2 Å². The predicted octanol–water partition coefficient (Wildman–Crippen LogP) is 5.03. The zero-order valence-electron chi connectivity index (χ0n) is 16.9. The van der Waals surface area contributed by atoms with Crippen LogP contribution < -0.4 is 4.74 Å². The first-order valence-electron chi connectivity index (χ1n) is 10.3. The van der Waals surface area contributed by atoms with Crippen LogP contribution in [0.15, 0.2) is 53.1 Å². The Morgan fingerprint density at radius 1 is 1.20 bits per heavy atom. The van der Waals surface area contributed by atoms with Crippen molar-refractivity contribution in [2.24, 2.45) is 0 Å². The summed E-state index contributed by atoms with van der Waals surface area (Å²) in [4.78, 5) is 19.3. The van der Waals surface area contributed by atoms with Crippen molar-refractivity contribution in [3.8, 4) is 17.1 Å². The third kappa shape index (κ3) is 4.35. The van der Waals surface area contributed by atoms with Crippen LogP contribution in [-0.4, -0.2) is 34.1 Å². The highest BCUT2D eigenvalue weighted by Gasteiger charge is 2.34. The molecule has 1 aliphatic rings. The van der Waals surface area contributed by atoms with E-state index < -0.39 is 0 Å². The van der Waals surface area contributed by atoms with E-state index in [0.29, 0.717) is 36.0 Å². The quantitative estimate of drug-likeness (QED) is 0.512. The number of carbonyl (C=O) groups is 1. The van der Waals surface area contributed by atoms with Crippen LogP contribution in [0.2, 0.25) is 0 Å². The van der Waals surface area contributed by atoms with Gasteiger partial charge in [0.15, 0.2) is 0 Å². The number of carbonyl (C=O) groups excluding carboxylic acids is 1. The van der Waals surface area contributed by atoms with Crippen molar-refractivity contribution in [1.29, 1.82) is 0 Å². The summed E-state index contributed by atoms with van der Waals surface area (Å²) < 4.78 is 24.3. The lowest BCUT2D eigenvalue weighted by atomic mass is 10.1. The second-order valence-electron chi connectivity index (χ2n) is 7.35. The largest absolute Gasteiger partial charge is 0.494 e. The smallest absolute Gasteiger partial charge is 0.254 e. The molecule has 0 bridgehead atoms. The fraction of sp³-hybridized carbons (Fsp3) is 0.348. The van der Waals surface area contributed by atoms with Gasteiger partial charge in [-0.15, -0.1) is 0 Å². The van der Waals surface area contributed by atoms with Crippen LogP contribution in [0.25, 0.3) is 11.4 Å². The van der Waals surface area contributed by atoms with Gasteiger partial charge in [-0.3, -0.25) is 4.79 Å². The summed E-state index contributed by atoms with van der Waals surface area (Å²) in [6.07, 6.45) is 3.70. The normalized spacial score (nSPS) is 16.1. The number of likely N-dealkylation sites (tertiary alicyclic amines) is 1. The van der Waals surface area contributed by atoms with Crippen molar-refractivity contribution in [2.45, 2.75) is 38.6 Å². The van der Waals surface area contributed by atoms with E-state index in [1.807, 2.05) is 12.1 Å². The summed E-state index contributed by atoms with van der Waals surface area (Å²) in [6.45, 7) is 3.42. The first-order valence-corrected chi connectivity index (χ1v) is 10.3. The Kier molecular flexibility index (Phi) is 6.07. The number of aromatic nitrogens is 2. The lowest BCUT2D eigenvalue weighted by Crippen LogP contribution is -2.30. The van der Waals surface area contributed by atoms with E-state index in [0.717, 1.165) is 31.4 Å². The summed E-state index contributed by atoms with van der Waals surface area (Å²) in [7, 11) is 0. The SMILES string of the molecule is CCCCOc1ccc(C(=O)N2CCC[C@H]2c2nc(-c3ccc(F)cc3)no2)cc1. The monoisotopic (exact) mass is 409 g/mol. The number of halogens is 1. The van der Waals surface area contributed by atoms with Gasteiger partial charge in [0.05, 0.1) is 6.61 Å². The van der Waals surface area contributed by atoms with Crippen LogP contribution in [-0.2, 0) is 0 Å². The van der Waals surface area contributed by atoms with Crippen molar-refractivity contribution in [3.05, 3.63) is 65.8 Å². The fourth-order valence-electron chi connectivity index (χ4n) is 3.55. The van der Waals surface area contributed by atoms with E-state index in [4.69, 9.17) is 9.26 Å².